The van der Waals surface area contributed by atoms with E-state index in [-0.39, 0.29) is 5.92 Å². The SMILES string of the molecule is O=C(NCCC#Cc1cnc2cnccn12)OCC1c2ccccc2-c2ccccc21. The Morgan fingerprint density at radius 1 is 1.06 bits per heavy atom. The minimum Gasteiger partial charge on any atom is -0.449 e. The lowest BCUT2D eigenvalue weighted by molar-refractivity contribution is 0.143. The largest absolute Gasteiger partial charge is 0.449 e. The first-order valence-electron chi connectivity index (χ1n) is 10.2. The van der Waals surface area contributed by atoms with E-state index in [0.29, 0.717) is 19.6 Å². The standard InChI is InChI=1S/C25H20N4O2/c30-25(27-12-6-5-7-18-15-28-24-16-26-13-14-29(18)24)31-17-23-21-10-3-1-8-19(21)20-9-2-4-11-22(20)23/h1-4,8-11,13-16,23H,6,12,17H2,(H,27,30). The lowest BCUT2D eigenvalue weighted by Gasteiger charge is -2.14. The average molecular weight is 408 g/mol. The van der Waals surface area contributed by atoms with Gasteiger partial charge in [-0.1, -0.05) is 54.5 Å². The first kappa shape index (κ1) is 18.9. The number of aromatic nitrogens is 3. The molecule has 0 bridgehead atoms. The number of benzene rings is 2. The van der Waals surface area contributed by atoms with E-state index in [1.807, 2.05) is 34.9 Å². The molecular weight excluding hydrogens is 388 g/mol. The van der Waals surface area contributed by atoms with Crippen LogP contribution < -0.4 is 5.32 Å². The van der Waals surface area contributed by atoms with Gasteiger partial charge in [0.2, 0.25) is 0 Å². The quantitative estimate of drug-likeness (QED) is 0.409. The van der Waals surface area contributed by atoms with Crippen LogP contribution in [0.1, 0.15) is 29.2 Å². The fraction of sp³-hybridized carbons (Fsp3) is 0.160. The molecule has 2 aromatic heterocycles. The van der Waals surface area contributed by atoms with Crippen molar-refractivity contribution in [3.63, 3.8) is 0 Å². The molecule has 0 unspecified atom stereocenters. The van der Waals surface area contributed by atoms with Crippen LogP contribution in [0.5, 0.6) is 0 Å². The van der Waals surface area contributed by atoms with Gasteiger partial charge >= 0.3 is 6.09 Å². The maximum absolute atomic E-state index is 12.2. The van der Waals surface area contributed by atoms with Crippen molar-refractivity contribution in [3.05, 3.63) is 90.1 Å². The Hall–Kier alpha value is -4.11. The Labute approximate surface area is 179 Å². The fourth-order valence-electron chi connectivity index (χ4n) is 3.96. The molecule has 1 N–H and O–H groups in total. The lowest BCUT2D eigenvalue weighted by Crippen LogP contribution is -2.26. The number of alkyl carbamates (subject to hydrolysis) is 1. The van der Waals surface area contributed by atoms with E-state index in [4.69, 9.17) is 4.74 Å². The zero-order valence-corrected chi connectivity index (χ0v) is 16.8. The molecule has 0 radical (unpaired) electrons. The number of hydrogen-bond donors (Lipinski definition) is 1. The second-order valence-corrected chi connectivity index (χ2v) is 7.25. The summed E-state index contributed by atoms with van der Waals surface area (Å²) in [6, 6.07) is 16.6. The van der Waals surface area contributed by atoms with E-state index in [2.05, 4.69) is 51.4 Å². The molecule has 0 aliphatic heterocycles. The van der Waals surface area contributed by atoms with Crippen LogP contribution in [0.25, 0.3) is 16.8 Å². The summed E-state index contributed by atoms with van der Waals surface area (Å²) >= 11 is 0. The number of ether oxygens (including phenoxy) is 1. The highest BCUT2D eigenvalue weighted by atomic mass is 16.5. The number of hydrogen-bond acceptors (Lipinski definition) is 4. The summed E-state index contributed by atoms with van der Waals surface area (Å²) in [6.45, 7) is 0.726. The Bertz CT molecular complexity index is 1270. The van der Waals surface area contributed by atoms with Crippen LogP contribution in [0.2, 0.25) is 0 Å². The zero-order valence-electron chi connectivity index (χ0n) is 16.8. The number of nitrogens with zero attached hydrogens (tertiary/aromatic N) is 3. The molecule has 0 atom stereocenters. The molecule has 1 aliphatic carbocycles. The second kappa shape index (κ2) is 8.33. The van der Waals surface area contributed by atoms with E-state index < -0.39 is 6.09 Å². The van der Waals surface area contributed by atoms with Gasteiger partial charge in [-0.05, 0) is 28.2 Å². The first-order valence-corrected chi connectivity index (χ1v) is 10.2. The van der Waals surface area contributed by atoms with Gasteiger partial charge < -0.3 is 10.1 Å². The summed E-state index contributed by atoms with van der Waals surface area (Å²) in [4.78, 5) is 20.5. The average Bonchev–Trinajstić information content (AvgIpc) is 3.37. The van der Waals surface area contributed by atoms with Crippen LogP contribution in [-0.2, 0) is 4.74 Å². The highest BCUT2D eigenvalue weighted by Gasteiger charge is 2.28. The third-order valence-corrected chi connectivity index (χ3v) is 5.40. The molecular formula is C25H20N4O2. The van der Waals surface area contributed by atoms with Gasteiger partial charge in [-0.15, -0.1) is 0 Å². The summed E-state index contributed by atoms with van der Waals surface area (Å²) in [5.41, 5.74) is 6.37. The van der Waals surface area contributed by atoms with Crippen LogP contribution in [-0.4, -0.2) is 33.6 Å². The van der Waals surface area contributed by atoms with Crippen molar-refractivity contribution in [1.29, 1.82) is 0 Å². The third kappa shape index (κ3) is 3.74. The van der Waals surface area contributed by atoms with E-state index in [1.165, 1.54) is 22.3 Å². The van der Waals surface area contributed by atoms with Gasteiger partial charge in [-0.2, -0.15) is 0 Å². The number of imidazole rings is 1. The van der Waals surface area contributed by atoms with Crippen molar-refractivity contribution in [2.75, 3.05) is 13.2 Å². The molecule has 1 aliphatic rings. The highest BCUT2D eigenvalue weighted by molar-refractivity contribution is 5.79. The van der Waals surface area contributed by atoms with Gasteiger partial charge in [0.15, 0.2) is 5.65 Å². The molecule has 0 saturated carbocycles. The molecule has 0 spiro atoms. The summed E-state index contributed by atoms with van der Waals surface area (Å²) in [5, 5.41) is 2.78. The molecule has 2 heterocycles. The molecule has 6 heteroatoms. The minimum absolute atomic E-state index is 0.0579. The number of carbonyl (C=O) groups is 1. The van der Waals surface area contributed by atoms with Crippen molar-refractivity contribution < 1.29 is 9.53 Å². The van der Waals surface area contributed by atoms with E-state index in [0.717, 1.165) is 11.3 Å². The van der Waals surface area contributed by atoms with Crippen LogP contribution in [0.15, 0.2) is 73.3 Å². The summed E-state index contributed by atoms with van der Waals surface area (Å²) < 4.78 is 7.40. The minimum atomic E-state index is -0.426. The molecule has 1 amide bonds. The van der Waals surface area contributed by atoms with Crippen LogP contribution >= 0.6 is 0 Å². The fourth-order valence-corrected chi connectivity index (χ4v) is 3.96. The predicted molar refractivity (Wildman–Crippen MR) is 118 cm³/mol. The number of amides is 1. The van der Waals surface area contributed by atoms with Crippen molar-refractivity contribution in [3.8, 4) is 23.0 Å². The smallest absolute Gasteiger partial charge is 0.407 e. The summed E-state index contributed by atoms with van der Waals surface area (Å²) in [6.07, 6.45) is 7.00. The lowest BCUT2D eigenvalue weighted by atomic mass is 9.98. The number of nitrogens with one attached hydrogen (secondary N) is 1. The van der Waals surface area contributed by atoms with Crippen molar-refractivity contribution in [1.82, 2.24) is 19.7 Å². The van der Waals surface area contributed by atoms with Gasteiger partial charge in [-0.3, -0.25) is 9.38 Å². The molecule has 0 fully saturated rings. The molecule has 4 aromatic rings. The van der Waals surface area contributed by atoms with Gasteiger partial charge in [0.1, 0.15) is 12.3 Å². The van der Waals surface area contributed by atoms with Gasteiger partial charge in [0.05, 0.1) is 12.4 Å². The van der Waals surface area contributed by atoms with Crippen LogP contribution in [0, 0.1) is 11.8 Å². The highest BCUT2D eigenvalue weighted by Crippen LogP contribution is 2.44. The Kier molecular flexibility index (Phi) is 5.07. The second-order valence-electron chi connectivity index (χ2n) is 7.25. The van der Waals surface area contributed by atoms with Crippen molar-refractivity contribution in [2.24, 2.45) is 0 Å². The number of rotatable bonds is 4. The molecule has 152 valence electrons. The van der Waals surface area contributed by atoms with Crippen molar-refractivity contribution in [2.45, 2.75) is 12.3 Å². The number of fused-ring (bicyclic) bond motifs is 4. The predicted octanol–water partition coefficient (Wildman–Crippen LogP) is 4.01. The van der Waals surface area contributed by atoms with Crippen LogP contribution in [0.4, 0.5) is 4.79 Å². The molecule has 2 aromatic carbocycles. The van der Waals surface area contributed by atoms with Gasteiger partial charge in [0.25, 0.3) is 0 Å². The molecule has 6 nitrogen and oxygen atoms in total. The maximum atomic E-state index is 12.2. The topological polar surface area (TPSA) is 68.5 Å². The Balaban J connectivity index is 1.15. The van der Waals surface area contributed by atoms with E-state index >= 15 is 0 Å². The Morgan fingerprint density at radius 3 is 2.58 bits per heavy atom. The van der Waals surface area contributed by atoms with Crippen LogP contribution in [0.3, 0.4) is 0 Å². The molecule has 5 rings (SSSR count). The normalized spacial score (nSPS) is 12.0. The zero-order chi connectivity index (χ0) is 21.0. The molecule has 31 heavy (non-hydrogen) atoms. The molecule has 0 saturated heterocycles. The van der Waals surface area contributed by atoms with Gasteiger partial charge in [-0.25, -0.2) is 9.78 Å². The monoisotopic (exact) mass is 408 g/mol. The van der Waals surface area contributed by atoms with E-state index in [9.17, 15) is 4.79 Å². The summed E-state index contributed by atoms with van der Waals surface area (Å²) in [5.74, 6) is 6.19. The maximum Gasteiger partial charge on any atom is 0.407 e. The number of carbonyl (C=O) groups excluding carboxylic acids is 1. The van der Waals surface area contributed by atoms with Crippen molar-refractivity contribution >= 4 is 11.7 Å². The first-order chi connectivity index (χ1) is 15.3. The Morgan fingerprint density at radius 2 is 1.81 bits per heavy atom. The van der Waals surface area contributed by atoms with Gasteiger partial charge in [0, 0.05) is 31.3 Å². The third-order valence-electron chi connectivity index (χ3n) is 5.40. The van der Waals surface area contributed by atoms with E-state index in [1.54, 1.807) is 18.6 Å². The summed E-state index contributed by atoms with van der Waals surface area (Å²) in [7, 11) is 0.